The van der Waals surface area contributed by atoms with Crippen LogP contribution in [-0.2, 0) is 19.6 Å². The van der Waals surface area contributed by atoms with Gasteiger partial charge in [0.15, 0.2) is 0 Å². The minimum Gasteiger partial charge on any atom is -0.497 e. The van der Waals surface area contributed by atoms with Crippen molar-refractivity contribution in [1.82, 2.24) is 10.0 Å². The van der Waals surface area contributed by atoms with Gasteiger partial charge in [-0.3, -0.25) is 9.59 Å². The number of hydrogen-bond donors (Lipinski definition) is 2. The summed E-state index contributed by atoms with van der Waals surface area (Å²) >= 11 is 0. The normalized spacial score (nSPS) is 25.1. The molecule has 2 aliphatic rings. The quantitative estimate of drug-likeness (QED) is 0.682. The topological polar surface area (TPSA) is 102 Å². The lowest BCUT2D eigenvalue weighted by molar-refractivity contribution is -0.137. The maximum Gasteiger partial charge on any atom is 0.240 e. The smallest absolute Gasteiger partial charge is 0.240 e. The predicted octanol–water partition coefficient (Wildman–Crippen LogP) is 1.49. The van der Waals surface area contributed by atoms with E-state index in [1.165, 1.54) is 19.2 Å². The first kappa shape index (κ1) is 19.8. The van der Waals surface area contributed by atoms with Gasteiger partial charge in [-0.15, -0.1) is 0 Å². The number of carbonyl (C=O) groups is 2. The van der Waals surface area contributed by atoms with Crippen LogP contribution in [0, 0.1) is 17.8 Å². The highest BCUT2D eigenvalue weighted by molar-refractivity contribution is 7.89. The summed E-state index contributed by atoms with van der Waals surface area (Å²) in [6.45, 7) is 0.326. The zero-order valence-corrected chi connectivity index (χ0v) is 16.3. The molecule has 3 atom stereocenters. The highest BCUT2D eigenvalue weighted by Gasteiger charge is 2.41. The second-order valence-corrected chi connectivity index (χ2v) is 9.03. The molecule has 1 unspecified atom stereocenters. The van der Waals surface area contributed by atoms with E-state index in [-0.39, 0.29) is 41.6 Å². The molecule has 7 nitrogen and oxygen atoms in total. The summed E-state index contributed by atoms with van der Waals surface area (Å²) in [7, 11) is -2.12. The van der Waals surface area contributed by atoms with Gasteiger partial charge in [0.25, 0.3) is 0 Å². The number of ether oxygens (including phenoxy) is 1. The number of methoxy groups -OCH3 is 1. The van der Waals surface area contributed by atoms with E-state index >= 15 is 0 Å². The molecule has 0 aliphatic heterocycles. The molecule has 1 aromatic carbocycles. The Labute approximate surface area is 159 Å². The van der Waals surface area contributed by atoms with Gasteiger partial charge in [0.2, 0.25) is 15.9 Å². The average Bonchev–Trinajstić information content (AvgIpc) is 2.65. The van der Waals surface area contributed by atoms with Gasteiger partial charge >= 0.3 is 0 Å². The van der Waals surface area contributed by atoms with E-state index in [4.69, 9.17) is 4.74 Å². The zero-order chi connectivity index (χ0) is 19.4. The van der Waals surface area contributed by atoms with E-state index in [1.54, 1.807) is 12.1 Å². The van der Waals surface area contributed by atoms with Crippen LogP contribution in [0.1, 0.15) is 32.1 Å². The summed E-state index contributed by atoms with van der Waals surface area (Å²) in [4.78, 5) is 24.6. The second-order valence-electron chi connectivity index (χ2n) is 7.26. The fraction of sp³-hybridized carbons (Fsp3) is 0.579. The predicted molar refractivity (Wildman–Crippen MR) is 99.8 cm³/mol. The molecule has 1 amide bonds. The van der Waals surface area contributed by atoms with Gasteiger partial charge < -0.3 is 10.1 Å². The summed E-state index contributed by atoms with van der Waals surface area (Å²) in [5.74, 6) is 0.748. The Morgan fingerprint density at radius 3 is 2.33 bits per heavy atom. The molecule has 2 aliphatic carbocycles. The Balaban J connectivity index is 1.45. The fourth-order valence-electron chi connectivity index (χ4n) is 4.05. The van der Waals surface area contributed by atoms with E-state index in [1.807, 2.05) is 0 Å². The number of sulfonamides is 1. The Morgan fingerprint density at radius 2 is 1.74 bits per heavy atom. The van der Waals surface area contributed by atoms with Crippen molar-refractivity contribution in [1.29, 1.82) is 0 Å². The molecule has 27 heavy (non-hydrogen) atoms. The highest BCUT2D eigenvalue weighted by Crippen LogP contribution is 2.40. The number of benzene rings is 1. The standard InChI is InChI=1S/C19H26N2O5S/c1-26-16-5-7-17(8-6-16)27(24,25)21-10-9-20-19(23)15-11-13-3-2-4-14(12-15)18(13)22/h5-8,13-15,21H,2-4,9-12H2,1H3,(H,20,23)/t13-,14+,15?. The SMILES string of the molecule is COc1ccc(S(=O)(=O)NCCNC(=O)C2C[C@H]3CCC[C@@H](C2)C3=O)cc1. The summed E-state index contributed by atoms with van der Waals surface area (Å²) in [5.41, 5.74) is 0. The van der Waals surface area contributed by atoms with Crippen molar-refractivity contribution < 1.29 is 22.7 Å². The number of hydrogen-bond acceptors (Lipinski definition) is 5. The van der Waals surface area contributed by atoms with Crippen LogP contribution in [0.15, 0.2) is 29.2 Å². The van der Waals surface area contributed by atoms with E-state index in [0.717, 1.165) is 19.3 Å². The summed E-state index contributed by atoms with van der Waals surface area (Å²) in [6, 6.07) is 6.10. The molecule has 148 valence electrons. The van der Waals surface area contributed by atoms with Gasteiger partial charge in [0, 0.05) is 30.8 Å². The van der Waals surface area contributed by atoms with Crippen LogP contribution in [0.5, 0.6) is 5.75 Å². The van der Waals surface area contributed by atoms with Crippen LogP contribution in [0.3, 0.4) is 0 Å². The van der Waals surface area contributed by atoms with E-state index in [9.17, 15) is 18.0 Å². The molecule has 2 saturated carbocycles. The molecule has 0 spiro atoms. The summed E-state index contributed by atoms with van der Waals surface area (Å²) < 4.78 is 32.0. The minimum absolute atomic E-state index is 0.0295. The Kier molecular flexibility index (Phi) is 6.16. The molecule has 2 fully saturated rings. The number of amides is 1. The number of rotatable bonds is 7. The first-order valence-corrected chi connectivity index (χ1v) is 10.8. The second kappa shape index (κ2) is 8.39. The molecule has 1 aromatic rings. The molecular weight excluding hydrogens is 368 g/mol. The minimum atomic E-state index is -3.63. The van der Waals surface area contributed by atoms with E-state index in [2.05, 4.69) is 10.0 Å². The summed E-state index contributed by atoms with van der Waals surface area (Å²) in [5, 5.41) is 2.80. The van der Waals surface area contributed by atoms with Crippen molar-refractivity contribution in [2.75, 3.05) is 20.2 Å². The Hall–Kier alpha value is -1.93. The lowest BCUT2D eigenvalue weighted by Crippen LogP contribution is -2.44. The Morgan fingerprint density at radius 1 is 1.11 bits per heavy atom. The molecule has 0 heterocycles. The Bertz CT molecular complexity index is 775. The molecule has 2 N–H and O–H groups in total. The first-order valence-electron chi connectivity index (χ1n) is 9.36. The van der Waals surface area contributed by atoms with Crippen LogP contribution in [0.2, 0.25) is 0 Å². The first-order chi connectivity index (χ1) is 12.9. The fourth-order valence-corrected chi connectivity index (χ4v) is 5.08. The number of Topliss-reactive ketones (excluding diaryl/α,β-unsaturated/α-hetero) is 1. The van der Waals surface area contributed by atoms with Gasteiger partial charge in [-0.1, -0.05) is 6.42 Å². The van der Waals surface area contributed by atoms with Crippen molar-refractivity contribution in [3.8, 4) is 5.75 Å². The third-order valence-corrected chi connectivity index (χ3v) is 6.98. The molecular formula is C19H26N2O5S. The third-order valence-electron chi connectivity index (χ3n) is 5.50. The van der Waals surface area contributed by atoms with Gasteiger partial charge in [0.05, 0.1) is 12.0 Å². The van der Waals surface area contributed by atoms with Crippen molar-refractivity contribution in [3.05, 3.63) is 24.3 Å². The molecule has 0 saturated heterocycles. The highest BCUT2D eigenvalue weighted by atomic mass is 32.2. The van der Waals surface area contributed by atoms with Crippen molar-refractivity contribution in [2.45, 2.75) is 37.0 Å². The van der Waals surface area contributed by atoms with Crippen molar-refractivity contribution in [2.24, 2.45) is 17.8 Å². The lowest BCUT2D eigenvalue weighted by atomic mass is 9.67. The van der Waals surface area contributed by atoms with Crippen LogP contribution >= 0.6 is 0 Å². The van der Waals surface area contributed by atoms with Crippen LogP contribution in [-0.4, -0.2) is 40.3 Å². The largest absolute Gasteiger partial charge is 0.497 e. The number of ketones is 1. The van der Waals surface area contributed by atoms with Gasteiger partial charge in [-0.2, -0.15) is 0 Å². The molecule has 8 heteroatoms. The van der Waals surface area contributed by atoms with Crippen LogP contribution in [0.25, 0.3) is 0 Å². The maximum absolute atomic E-state index is 12.4. The number of carbonyl (C=O) groups excluding carboxylic acids is 2. The van der Waals surface area contributed by atoms with Crippen LogP contribution in [0.4, 0.5) is 0 Å². The average molecular weight is 394 g/mol. The molecule has 2 bridgehead atoms. The number of fused-ring (bicyclic) bond motifs is 2. The van der Waals surface area contributed by atoms with Gasteiger partial charge in [0.1, 0.15) is 11.5 Å². The van der Waals surface area contributed by atoms with Crippen LogP contribution < -0.4 is 14.8 Å². The van der Waals surface area contributed by atoms with E-state index in [0.29, 0.717) is 24.4 Å². The maximum atomic E-state index is 12.4. The molecule has 0 radical (unpaired) electrons. The van der Waals surface area contributed by atoms with Gasteiger partial charge in [-0.05, 0) is 49.9 Å². The van der Waals surface area contributed by atoms with E-state index < -0.39 is 10.0 Å². The molecule has 0 aromatic heterocycles. The molecule has 3 rings (SSSR count). The lowest BCUT2D eigenvalue weighted by Gasteiger charge is -2.36. The van der Waals surface area contributed by atoms with Crippen molar-refractivity contribution in [3.63, 3.8) is 0 Å². The zero-order valence-electron chi connectivity index (χ0n) is 15.4. The third kappa shape index (κ3) is 4.68. The van der Waals surface area contributed by atoms with Gasteiger partial charge in [-0.25, -0.2) is 13.1 Å². The summed E-state index contributed by atoms with van der Waals surface area (Å²) in [6.07, 6.45) is 4.10. The monoisotopic (exact) mass is 394 g/mol. The van der Waals surface area contributed by atoms with Crippen molar-refractivity contribution >= 4 is 21.7 Å². The number of nitrogens with one attached hydrogen (secondary N) is 2.